The molecule has 176 valence electrons. The molecule has 0 radical (unpaired) electrons. The van der Waals surface area contributed by atoms with Gasteiger partial charge in [0.05, 0.1) is 23.3 Å². The van der Waals surface area contributed by atoms with Gasteiger partial charge in [0.25, 0.3) is 5.91 Å². The minimum atomic E-state index is -0.691. The van der Waals surface area contributed by atoms with E-state index in [1.165, 1.54) is 6.20 Å². The Balaban J connectivity index is 1.49. The predicted molar refractivity (Wildman–Crippen MR) is 131 cm³/mol. The summed E-state index contributed by atoms with van der Waals surface area (Å²) in [6.07, 6.45) is 3.06. The van der Waals surface area contributed by atoms with E-state index >= 15 is 0 Å². The van der Waals surface area contributed by atoms with Crippen LogP contribution in [0.25, 0.3) is 0 Å². The molecule has 2 aromatic carbocycles. The third kappa shape index (κ3) is 5.31. The van der Waals surface area contributed by atoms with E-state index in [9.17, 15) is 10.1 Å². The molecule has 1 saturated heterocycles. The second-order valence-corrected chi connectivity index (χ2v) is 8.50. The largest absolute Gasteiger partial charge is 0.437 e. The van der Waals surface area contributed by atoms with Gasteiger partial charge in [-0.3, -0.25) is 4.79 Å². The number of carbonyl (C=O) groups is 1. The topological polar surface area (TPSA) is 141 Å². The number of hydrogen-bond acceptors (Lipinski definition) is 8. The van der Waals surface area contributed by atoms with Crippen LogP contribution in [0.15, 0.2) is 42.6 Å². The monoisotopic (exact) mass is 467 g/mol. The molecule has 1 amide bonds. The molecule has 0 atom stereocenters. The van der Waals surface area contributed by atoms with Crippen molar-refractivity contribution in [2.75, 3.05) is 23.3 Å². The average Bonchev–Trinajstić information content (AvgIpc) is 2.86. The van der Waals surface area contributed by atoms with Gasteiger partial charge in [0, 0.05) is 31.0 Å². The van der Waals surface area contributed by atoms with Gasteiger partial charge in [-0.05, 0) is 68.1 Å². The van der Waals surface area contributed by atoms with E-state index in [4.69, 9.17) is 15.7 Å². The number of primary amides is 1. The van der Waals surface area contributed by atoms with Gasteiger partial charge in [-0.2, -0.15) is 15.5 Å². The third-order valence-corrected chi connectivity index (χ3v) is 5.98. The van der Waals surface area contributed by atoms with E-state index in [2.05, 4.69) is 32.3 Å². The van der Waals surface area contributed by atoms with Crippen LogP contribution in [0.2, 0.25) is 0 Å². The first kappa shape index (κ1) is 23.5. The first-order valence-corrected chi connectivity index (χ1v) is 11.3. The van der Waals surface area contributed by atoms with Crippen molar-refractivity contribution < 1.29 is 9.53 Å². The molecule has 4 rings (SSSR count). The van der Waals surface area contributed by atoms with Gasteiger partial charge < -0.3 is 20.7 Å². The zero-order chi connectivity index (χ0) is 24.9. The van der Waals surface area contributed by atoms with Crippen molar-refractivity contribution in [2.24, 2.45) is 5.73 Å². The van der Waals surface area contributed by atoms with Crippen LogP contribution in [-0.2, 0) is 0 Å². The highest BCUT2D eigenvalue weighted by molar-refractivity contribution is 5.95. The second kappa shape index (κ2) is 10.1. The van der Waals surface area contributed by atoms with Gasteiger partial charge >= 0.3 is 0 Å². The zero-order valence-electron chi connectivity index (χ0n) is 19.6. The molecule has 0 unspecified atom stereocenters. The smallest absolute Gasteiger partial charge is 0.255 e. The zero-order valence-corrected chi connectivity index (χ0v) is 19.6. The Morgan fingerprint density at radius 3 is 2.43 bits per heavy atom. The summed E-state index contributed by atoms with van der Waals surface area (Å²) in [5, 5.41) is 21.7. The normalized spacial score (nSPS) is 13.5. The van der Waals surface area contributed by atoms with E-state index < -0.39 is 5.91 Å². The summed E-state index contributed by atoms with van der Waals surface area (Å²) in [4.78, 5) is 22.9. The van der Waals surface area contributed by atoms with Crippen molar-refractivity contribution in [1.82, 2.24) is 9.97 Å². The van der Waals surface area contributed by atoms with Crippen molar-refractivity contribution in [2.45, 2.75) is 32.7 Å². The predicted octanol–water partition coefficient (Wildman–Crippen LogP) is 3.81. The van der Waals surface area contributed by atoms with Crippen LogP contribution in [-0.4, -0.2) is 35.0 Å². The number of ether oxygens (including phenoxy) is 1. The van der Waals surface area contributed by atoms with E-state index in [0.29, 0.717) is 22.8 Å². The summed E-state index contributed by atoms with van der Waals surface area (Å²) in [5.41, 5.74) is 9.30. The lowest BCUT2D eigenvalue weighted by atomic mass is 10.0. The number of piperidine rings is 1. The minimum Gasteiger partial charge on any atom is -0.437 e. The minimum absolute atomic E-state index is 0.0664. The van der Waals surface area contributed by atoms with Crippen molar-refractivity contribution in [3.05, 3.63) is 70.4 Å². The molecule has 9 nitrogen and oxygen atoms in total. The number of aromatic nitrogens is 2. The number of amides is 1. The number of nitrogens with one attached hydrogen (secondary N) is 1. The lowest BCUT2D eigenvalue weighted by Gasteiger charge is -2.34. The number of rotatable bonds is 6. The van der Waals surface area contributed by atoms with Crippen LogP contribution in [0.3, 0.4) is 0 Å². The van der Waals surface area contributed by atoms with Crippen molar-refractivity contribution in [1.29, 1.82) is 10.5 Å². The fraction of sp³-hybridized carbons (Fsp3) is 0.269. The molecule has 1 aliphatic heterocycles. The molecule has 1 aliphatic rings. The van der Waals surface area contributed by atoms with Crippen LogP contribution < -0.4 is 20.7 Å². The molecule has 3 aromatic rings. The maximum absolute atomic E-state index is 12.0. The van der Waals surface area contributed by atoms with Crippen LogP contribution in [0.5, 0.6) is 11.6 Å². The number of nitriles is 2. The first-order chi connectivity index (χ1) is 16.9. The molecule has 0 saturated carbocycles. The first-order valence-electron chi connectivity index (χ1n) is 11.3. The second-order valence-electron chi connectivity index (χ2n) is 8.50. The summed E-state index contributed by atoms with van der Waals surface area (Å²) in [7, 11) is 0. The molecule has 2 heterocycles. The summed E-state index contributed by atoms with van der Waals surface area (Å²) in [6, 6.07) is 15.5. The molecule has 1 aromatic heterocycles. The number of aryl methyl sites for hydroxylation is 2. The summed E-state index contributed by atoms with van der Waals surface area (Å²) in [6.45, 7) is 5.29. The molecule has 0 spiro atoms. The van der Waals surface area contributed by atoms with E-state index in [1.807, 2.05) is 32.0 Å². The van der Waals surface area contributed by atoms with Crippen molar-refractivity contribution >= 4 is 17.5 Å². The highest BCUT2D eigenvalue weighted by Crippen LogP contribution is 2.31. The Labute approximate surface area is 203 Å². The van der Waals surface area contributed by atoms with Gasteiger partial charge in [0.2, 0.25) is 11.8 Å². The van der Waals surface area contributed by atoms with E-state index in [0.717, 1.165) is 42.7 Å². The SMILES string of the molecule is Cc1cc(C#N)cc(C)c1Oc1nc(NC2CCN(c3cccc(C#N)c3)CC2)ncc1C(N)=O. The number of nitrogens with two attached hydrogens (primary N) is 1. The summed E-state index contributed by atoms with van der Waals surface area (Å²) in [5.74, 6) is 0.239. The maximum Gasteiger partial charge on any atom is 0.255 e. The molecule has 0 bridgehead atoms. The Bertz CT molecular complexity index is 1330. The molecule has 35 heavy (non-hydrogen) atoms. The Morgan fingerprint density at radius 1 is 1.11 bits per heavy atom. The average molecular weight is 468 g/mol. The molecule has 0 aliphatic carbocycles. The van der Waals surface area contributed by atoms with E-state index in [-0.39, 0.29) is 17.5 Å². The third-order valence-electron chi connectivity index (χ3n) is 5.98. The van der Waals surface area contributed by atoms with Crippen LogP contribution in [0, 0.1) is 36.5 Å². The molecule has 9 heteroatoms. The van der Waals surface area contributed by atoms with Crippen LogP contribution >= 0.6 is 0 Å². The lowest BCUT2D eigenvalue weighted by Crippen LogP contribution is -2.39. The van der Waals surface area contributed by atoms with Gasteiger partial charge in [0.1, 0.15) is 11.3 Å². The maximum atomic E-state index is 12.0. The van der Waals surface area contributed by atoms with Crippen molar-refractivity contribution in [3.8, 4) is 23.8 Å². The number of carbonyl (C=O) groups excluding carboxylic acids is 1. The molecule has 1 fully saturated rings. The molecular weight excluding hydrogens is 442 g/mol. The highest BCUT2D eigenvalue weighted by Gasteiger charge is 2.22. The van der Waals surface area contributed by atoms with Gasteiger partial charge in [0.15, 0.2) is 0 Å². The lowest BCUT2D eigenvalue weighted by molar-refractivity contribution is 0.0997. The standard InChI is InChI=1S/C26H25N7O2/c1-16-10-19(14-28)11-17(2)23(16)35-25-22(24(29)34)15-30-26(32-25)31-20-6-8-33(9-7-20)21-5-3-4-18(12-21)13-27/h3-5,10-12,15,20H,6-9H2,1-2H3,(H2,29,34)(H,30,31,32). The summed E-state index contributed by atoms with van der Waals surface area (Å²) < 4.78 is 6.02. The molecular formula is C26H25N7O2. The van der Waals surface area contributed by atoms with Gasteiger partial charge in [-0.15, -0.1) is 0 Å². The fourth-order valence-electron chi connectivity index (χ4n) is 4.19. The van der Waals surface area contributed by atoms with Crippen LogP contribution in [0.1, 0.15) is 45.5 Å². The van der Waals surface area contributed by atoms with Gasteiger partial charge in [-0.25, -0.2) is 4.98 Å². The number of hydrogen-bond donors (Lipinski definition) is 2. The Kier molecular flexibility index (Phi) is 6.79. The van der Waals surface area contributed by atoms with Gasteiger partial charge in [-0.1, -0.05) is 6.07 Å². The fourth-order valence-corrected chi connectivity index (χ4v) is 4.19. The van der Waals surface area contributed by atoms with Crippen LogP contribution in [0.4, 0.5) is 11.6 Å². The number of nitrogens with zero attached hydrogens (tertiary/aromatic N) is 5. The number of anilines is 2. The quantitative estimate of drug-likeness (QED) is 0.557. The van der Waals surface area contributed by atoms with Crippen molar-refractivity contribution in [3.63, 3.8) is 0 Å². The highest BCUT2D eigenvalue weighted by atomic mass is 16.5. The van der Waals surface area contributed by atoms with E-state index in [1.54, 1.807) is 18.2 Å². The summed E-state index contributed by atoms with van der Waals surface area (Å²) >= 11 is 0. The Morgan fingerprint density at radius 2 is 1.80 bits per heavy atom. The Hall–Kier alpha value is -4.63. The molecule has 3 N–H and O–H groups in total. The number of benzene rings is 2.